The largest absolute Gasteiger partial charge is 0.378 e. The van der Waals surface area contributed by atoms with Crippen LogP contribution in [0.5, 0.6) is 0 Å². The molecule has 0 fully saturated rings. The molecule has 0 aliphatic carbocycles. The number of nitrogens with zero attached hydrogens (tertiary/aromatic N) is 1. The summed E-state index contributed by atoms with van der Waals surface area (Å²) in [4.78, 5) is 25.5. The number of para-hydroxylation sites is 2. The Morgan fingerprint density at radius 3 is 2.76 bits per heavy atom. The molecule has 0 spiro atoms. The number of anilines is 1. The standard InChI is InChI=1S/C17H15FN4O3/c18-12-5-6-13-11(9-12)10-15(21-13)17(23)20-8-7-19-14-3-1-2-4-16(14)22(24)25/h1-6,9-10,19,21H,7-8H2,(H,20,23). The number of carbonyl (C=O) groups is 1. The van der Waals surface area contributed by atoms with Crippen LogP contribution < -0.4 is 10.6 Å². The molecule has 7 nitrogen and oxygen atoms in total. The number of aromatic nitrogens is 1. The van der Waals surface area contributed by atoms with E-state index < -0.39 is 4.92 Å². The molecule has 0 saturated heterocycles. The number of nitrogens with one attached hydrogen (secondary N) is 3. The summed E-state index contributed by atoms with van der Waals surface area (Å²) in [5, 5.41) is 17.2. The van der Waals surface area contributed by atoms with Crippen molar-refractivity contribution in [2.45, 2.75) is 0 Å². The number of aromatic amines is 1. The van der Waals surface area contributed by atoms with E-state index in [-0.39, 0.29) is 24.0 Å². The number of H-pyrrole nitrogens is 1. The second-order valence-corrected chi connectivity index (χ2v) is 5.37. The summed E-state index contributed by atoms with van der Waals surface area (Å²) < 4.78 is 13.2. The molecule has 25 heavy (non-hydrogen) atoms. The first-order valence-corrected chi connectivity index (χ1v) is 7.58. The van der Waals surface area contributed by atoms with Crippen molar-refractivity contribution in [3.8, 4) is 0 Å². The second kappa shape index (κ2) is 7.00. The van der Waals surface area contributed by atoms with E-state index >= 15 is 0 Å². The Kier molecular flexibility index (Phi) is 4.60. The molecule has 0 saturated carbocycles. The van der Waals surface area contributed by atoms with Crippen LogP contribution in [0.25, 0.3) is 10.9 Å². The molecular formula is C17H15FN4O3. The molecule has 1 heterocycles. The first-order valence-electron chi connectivity index (χ1n) is 7.58. The maximum Gasteiger partial charge on any atom is 0.292 e. The van der Waals surface area contributed by atoms with E-state index in [4.69, 9.17) is 0 Å². The molecule has 0 atom stereocenters. The number of rotatable bonds is 6. The van der Waals surface area contributed by atoms with Crippen LogP contribution in [0, 0.1) is 15.9 Å². The number of nitro groups is 1. The topological polar surface area (TPSA) is 100 Å². The molecule has 1 aromatic heterocycles. The number of benzene rings is 2. The maximum atomic E-state index is 13.2. The smallest absolute Gasteiger partial charge is 0.292 e. The van der Waals surface area contributed by atoms with Gasteiger partial charge in [-0.1, -0.05) is 12.1 Å². The molecule has 3 N–H and O–H groups in total. The van der Waals surface area contributed by atoms with Gasteiger partial charge in [0, 0.05) is 30.1 Å². The summed E-state index contributed by atoms with van der Waals surface area (Å²) in [5.41, 5.74) is 1.37. The quantitative estimate of drug-likeness (QED) is 0.364. The summed E-state index contributed by atoms with van der Waals surface area (Å²) in [6.07, 6.45) is 0. The zero-order chi connectivity index (χ0) is 17.8. The Balaban J connectivity index is 1.56. The van der Waals surface area contributed by atoms with Gasteiger partial charge in [-0.2, -0.15) is 0 Å². The third-order valence-corrected chi connectivity index (χ3v) is 3.65. The van der Waals surface area contributed by atoms with Gasteiger partial charge in [0.1, 0.15) is 17.2 Å². The zero-order valence-corrected chi connectivity index (χ0v) is 13.1. The van der Waals surface area contributed by atoms with Gasteiger partial charge in [-0.15, -0.1) is 0 Å². The van der Waals surface area contributed by atoms with Crippen molar-refractivity contribution in [2.75, 3.05) is 18.4 Å². The minimum atomic E-state index is -0.468. The molecule has 0 bridgehead atoms. The lowest BCUT2D eigenvalue weighted by Gasteiger charge is -2.07. The number of hydrogen-bond donors (Lipinski definition) is 3. The number of amides is 1. The number of carbonyl (C=O) groups excluding carboxylic acids is 1. The molecule has 3 aromatic rings. The highest BCUT2D eigenvalue weighted by Gasteiger charge is 2.12. The van der Waals surface area contributed by atoms with Crippen LogP contribution in [0.1, 0.15) is 10.5 Å². The highest BCUT2D eigenvalue weighted by Crippen LogP contribution is 2.22. The Hall–Kier alpha value is -3.42. The zero-order valence-electron chi connectivity index (χ0n) is 13.1. The van der Waals surface area contributed by atoms with E-state index in [1.165, 1.54) is 18.2 Å². The number of halogens is 1. The summed E-state index contributed by atoms with van der Waals surface area (Å²) in [6, 6.07) is 12.1. The second-order valence-electron chi connectivity index (χ2n) is 5.37. The minimum Gasteiger partial charge on any atom is -0.378 e. The minimum absolute atomic E-state index is 0.0218. The van der Waals surface area contributed by atoms with E-state index in [0.29, 0.717) is 28.8 Å². The Morgan fingerprint density at radius 2 is 1.96 bits per heavy atom. The first kappa shape index (κ1) is 16.4. The van der Waals surface area contributed by atoms with Gasteiger partial charge >= 0.3 is 0 Å². The molecule has 128 valence electrons. The fourth-order valence-corrected chi connectivity index (χ4v) is 2.48. The van der Waals surface area contributed by atoms with E-state index in [1.54, 1.807) is 30.3 Å². The van der Waals surface area contributed by atoms with Gasteiger partial charge in [0.05, 0.1) is 4.92 Å². The fraction of sp³-hybridized carbons (Fsp3) is 0.118. The van der Waals surface area contributed by atoms with Crippen molar-refractivity contribution >= 4 is 28.2 Å². The van der Waals surface area contributed by atoms with Crippen LogP contribution >= 0.6 is 0 Å². The van der Waals surface area contributed by atoms with Crippen molar-refractivity contribution in [1.82, 2.24) is 10.3 Å². The molecule has 2 aromatic carbocycles. The van der Waals surface area contributed by atoms with E-state index in [2.05, 4.69) is 15.6 Å². The van der Waals surface area contributed by atoms with Gasteiger partial charge < -0.3 is 15.6 Å². The average molecular weight is 342 g/mol. The summed E-state index contributed by atoms with van der Waals surface area (Å²) >= 11 is 0. The van der Waals surface area contributed by atoms with Crippen molar-refractivity contribution in [1.29, 1.82) is 0 Å². The predicted molar refractivity (Wildman–Crippen MR) is 92.2 cm³/mol. The molecule has 0 unspecified atom stereocenters. The molecule has 3 rings (SSSR count). The monoisotopic (exact) mass is 342 g/mol. The lowest BCUT2D eigenvalue weighted by molar-refractivity contribution is -0.384. The molecule has 0 aliphatic heterocycles. The molecule has 8 heteroatoms. The highest BCUT2D eigenvalue weighted by atomic mass is 19.1. The van der Waals surface area contributed by atoms with Gasteiger partial charge in [0.15, 0.2) is 0 Å². The van der Waals surface area contributed by atoms with Gasteiger partial charge in [-0.3, -0.25) is 14.9 Å². The summed E-state index contributed by atoms with van der Waals surface area (Å²) in [5.74, 6) is -0.701. The fourth-order valence-electron chi connectivity index (χ4n) is 2.48. The molecular weight excluding hydrogens is 327 g/mol. The van der Waals surface area contributed by atoms with Crippen LogP contribution in [0.3, 0.4) is 0 Å². The number of nitro benzene ring substituents is 1. The Bertz CT molecular complexity index is 939. The van der Waals surface area contributed by atoms with Crippen LogP contribution in [0.2, 0.25) is 0 Å². The SMILES string of the molecule is O=C(NCCNc1ccccc1[N+](=O)[O-])c1cc2cc(F)ccc2[nH]1. The van der Waals surface area contributed by atoms with Gasteiger partial charge in [0.25, 0.3) is 11.6 Å². The normalized spacial score (nSPS) is 10.6. The average Bonchev–Trinajstić information content (AvgIpc) is 3.02. The predicted octanol–water partition coefficient (Wildman–Crippen LogP) is 3.06. The Morgan fingerprint density at radius 1 is 1.16 bits per heavy atom. The van der Waals surface area contributed by atoms with E-state index in [0.717, 1.165) is 0 Å². The lowest BCUT2D eigenvalue weighted by Crippen LogP contribution is -2.29. The van der Waals surface area contributed by atoms with E-state index in [1.807, 2.05) is 0 Å². The molecule has 0 aliphatic rings. The van der Waals surface area contributed by atoms with Crippen molar-refractivity contribution in [2.24, 2.45) is 0 Å². The lowest BCUT2D eigenvalue weighted by atomic mass is 10.2. The third-order valence-electron chi connectivity index (χ3n) is 3.65. The van der Waals surface area contributed by atoms with Crippen LogP contribution in [-0.2, 0) is 0 Å². The summed E-state index contributed by atoms with van der Waals surface area (Å²) in [6.45, 7) is 0.597. The number of hydrogen-bond acceptors (Lipinski definition) is 4. The third kappa shape index (κ3) is 3.74. The van der Waals surface area contributed by atoms with Crippen molar-refractivity contribution in [3.05, 3.63) is 70.2 Å². The molecule has 0 radical (unpaired) electrons. The van der Waals surface area contributed by atoms with Gasteiger partial charge in [0.2, 0.25) is 0 Å². The van der Waals surface area contributed by atoms with Crippen LogP contribution in [0.15, 0.2) is 48.5 Å². The van der Waals surface area contributed by atoms with Crippen molar-refractivity contribution < 1.29 is 14.1 Å². The number of fused-ring (bicyclic) bond motifs is 1. The molecule has 1 amide bonds. The van der Waals surface area contributed by atoms with E-state index in [9.17, 15) is 19.3 Å². The Labute approximate surface area is 142 Å². The summed E-state index contributed by atoms with van der Waals surface area (Å²) in [7, 11) is 0. The first-order chi connectivity index (χ1) is 12.0. The highest BCUT2D eigenvalue weighted by molar-refractivity contribution is 5.98. The van der Waals surface area contributed by atoms with Gasteiger partial charge in [-0.25, -0.2) is 4.39 Å². The van der Waals surface area contributed by atoms with Crippen molar-refractivity contribution in [3.63, 3.8) is 0 Å². The maximum absolute atomic E-state index is 13.2. The van der Waals surface area contributed by atoms with Gasteiger partial charge in [-0.05, 0) is 30.3 Å². The van der Waals surface area contributed by atoms with Crippen LogP contribution in [0.4, 0.5) is 15.8 Å². The van der Waals surface area contributed by atoms with Crippen LogP contribution in [-0.4, -0.2) is 28.9 Å².